The molecule has 3 fully saturated rings. The molecule has 8 heteroatoms. The number of aryl methyl sites for hydroxylation is 2. The number of hydrogen-bond donors (Lipinski definition) is 1. The summed E-state index contributed by atoms with van der Waals surface area (Å²) in [6, 6.07) is 0. The van der Waals surface area contributed by atoms with Crippen LogP contribution in [0.2, 0.25) is 0 Å². The summed E-state index contributed by atoms with van der Waals surface area (Å²) in [4.78, 5) is 38.2. The van der Waals surface area contributed by atoms with Crippen LogP contribution in [0.3, 0.4) is 0 Å². The number of nitrogens with one attached hydrogen (secondary N) is 1. The first-order valence-electron chi connectivity index (χ1n) is 12.6. The smallest absolute Gasteiger partial charge is 0.407 e. The summed E-state index contributed by atoms with van der Waals surface area (Å²) in [5.74, 6) is 0.440. The number of nitrogens with zero attached hydrogens (tertiary/aromatic N) is 4. The number of hydrogen-bond acceptors (Lipinski definition) is 6. The lowest BCUT2D eigenvalue weighted by atomic mass is 9.74. The molecule has 4 rings (SSSR count). The van der Waals surface area contributed by atoms with E-state index in [4.69, 9.17) is 4.74 Å². The standard InChI is InChI=1S/C25H39N5O3/c1-5-6-7-20-16-26-23(32)33-25(20)10-14-30(15-11-25)24(4)8-12-29(13-9-24)22(31)21-18(2)27-17-28-19(21)3/h17,20H,5-16H2,1-4H3,(H,26,32)/t20-/m1/s1. The molecule has 0 aromatic carbocycles. The first-order valence-corrected chi connectivity index (χ1v) is 12.6. The Hall–Kier alpha value is -2.22. The number of carbonyl (C=O) groups is 2. The lowest BCUT2D eigenvalue weighted by molar-refractivity contribution is -0.111. The minimum Gasteiger partial charge on any atom is -0.442 e. The molecule has 2 amide bonds. The quantitative estimate of drug-likeness (QED) is 0.729. The van der Waals surface area contributed by atoms with Crippen LogP contribution in [0.15, 0.2) is 6.33 Å². The normalized spacial score (nSPS) is 24.9. The molecular weight excluding hydrogens is 418 g/mol. The summed E-state index contributed by atoms with van der Waals surface area (Å²) < 4.78 is 5.97. The molecule has 1 atom stereocenters. The number of ether oxygens (including phenoxy) is 1. The molecule has 0 bridgehead atoms. The van der Waals surface area contributed by atoms with E-state index in [1.54, 1.807) is 0 Å². The van der Waals surface area contributed by atoms with Crippen LogP contribution in [-0.2, 0) is 4.74 Å². The minimum atomic E-state index is -0.316. The summed E-state index contributed by atoms with van der Waals surface area (Å²) in [5, 5.41) is 2.91. The highest BCUT2D eigenvalue weighted by molar-refractivity contribution is 5.96. The van der Waals surface area contributed by atoms with Gasteiger partial charge in [-0.3, -0.25) is 9.69 Å². The molecule has 4 heterocycles. The van der Waals surface area contributed by atoms with E-state index in [-0.39, 0.29) is 23.1 Å². The molecule has 33 heavy (non-hydrogen) atoms. The van der Waals surface area contributed by atoms with Crippen LogP contribution in [0.25, 0.3) is 0 Å². The molecule has 1 N–H and O–H groups in total. The third kappa shape index (κ3) is 4.72. The zero-order chi connectivity index (χ0) is 23.6. The van der Waals surface area contributed by atoms with Gasteiger partial charge in [-0.2, -0.15) is 0 Å². The van der Waals surface area contributed by atoms with Gasteiger partial charge in [0.05, 0.1) is 17.0 Å². The summed E-state index contributed by atoms with van der Waals surface area (Å²) in [5.41, 5.74) is 1.88. The molecule has 1 aromatic rings. The fourth-order valence-corrected chi connectivity index (χ4v) is 6.02. The second-order valence-corrected chi connectivity index (χ2v) is 10.4. The second-order valence-electron chi connectivity index (χ2n) is 10.4. The molecule has 1 aromatic heterocycles. The predicted octanol–water partition coefficient (Wildman–Crippen LogP) is 3.47. The number of alkyl carbamates (subject to hydrolysis) is 1. The molecule has 3 aliphatic heterocycles. The molecule has 3 saturated heterocycles. The number of amides is 2. The van der Waals surface area contributed by atoms with E-state index in [0.717, 1.165) is 82.6 Å². The van der Waals surface area contributed by atoms with Crippen molar-refractivity contribution in [1.82, 2.24) is 25.1 Å². The van der Waals surface area contributed by atoms with Crippen molar-refractivity contribution < 1.29 is 14.3 Å². The van der Waals surface area contributed by atoms with Gasteiger partial charge in [0, 0.05) is 57.0 Å². The maximum atomic E-state index is 13.2. The fourth-order valence-electron chi connectivity index (χ4n) is 6.02. The maximum Gasteiger partial charge on any atom is 0.407 e. The monoisotopic (exact) mass is 457 g/mol. The number of carbonyl (C=O) groups excluding carboxylic acids is 2. The van der Waals surface area contributed by atoms with Gasteiger partial charge in [0.2, 0.25) is 0 Å². The summed E-state index contributed by atoms with van der Waals surface area (Å²) >= 11 is 0. The molecule has 0 saturated carbocycles. The Morgan fingerprint density at radius 1 is 1.12 bits per heavy atom. The van der Waals surface area contributed by atoms with Gasteiger partial charge in [0.1, 0.15) is 11.9 Å². The van der Waals surface area contributed by atoms with Crippen LogP contribution < -0.4 is 5.32 Å². The molecule has 0 aliphatic carbocycles. The van der Waals surface area contributed by atoms with Crippen molar-refractivity contribution in [3.8, 4) is 0 Å². The van der Waals surface area contributed by atoms with E-state index < -0.39 is 0 Å². The molecule has 3 aliphatic rings. The molecule has 0 unspecified atom stereocenters. The zero-order valence-corrected chi connectivity index (χ0v) is 20.7. The second kappa shape index (κ2) is 9.57. The van der Waals surface area contributed by atoms with Crippen LogP contribution in [0.4, 0.5) is 4.79 Å². The average Bonchev–Trinajstić information content (AvgIpc) is 2.79. The predicted molar refractivity (Wildman–Crippen MR) is 126 cm³/mol. The van der Waals surface area contributed by atoms with Gasteiger partial charge in [-0.25, -0.2) is 14.8 Å². The van der Waals surface area contributed by atoms with E-state index >= 15 is 0 Å². The molecule has 0 radical (unpaired) electrons. The number of piperidine rings is 2. The van der Waals surface area contributed by atoms with Gasteiger partial charge in [-0.05, 0) is 40.0 Å². The van der Waals surface area contributed by atoms with Crippen LogP contribution in [0.5, 0.6) is 0 Å². The summed E-state index contributed by atoms with van der Waals surface area (Å²) in [6.45, 7) is 12.4. The largest absolute Gasteiger partial charge is 0.442 e. The Labute approximate surface area is 197 Å². The van der Waals surface area contributed by atoms with E-state index in [1.807, 2.05) is 18.7 Å². The van der Waals surface area contributed by atoms with Crippen molar-refractivity contribution >= 4 is 12.0 Å². The van der Waals surface area contributed by atoms with Crippen molar-refractivity contribution in [1.29, 1.82) is 0 Å². The van der Waals surface area contributed by atoms with Gasteiger partial charge in [0.15, 0.2) is 0 Å². The third-order valence-corrected chi connectivity index (χ3v) is 8.38. The Kier molecular flexibility index (Phi) is 6.93. The topological polar surface area (TPSA) is 87.7 Å². The van der Waals surface area contributed by atoms with E-state index in [1.165, 1.54) is 12.7 Å². The molecular formula is C25H39N5O3. The van der Waals surface area contributed by atoms with Crippen LogP contribution in [0.1, 0.15) is 80.5 Å². The Morgan fingerprint density at radius 2 is 1.76 bits per heavy atom. The molecule has 8 nitrogen and oxygen atoms in total. The number of likely N-dealkylation sites (tertiary alicyclic amines) is 2. The van der Waals surface area contributed by atoms with E-state index in [2.05, 4.69) is 34.0 Å². The first-order chi connectivity index (χ1) is 15.8. The Morgan fingerprint density at radius 3 is 2.36 bits per heavy atom. The highest BCUT2D eigenvalue weighted by Gasteiger charge is 2.49. The van der Waals surface area contributed by atoms with Crippen LogP contribution in [0, 0.1) is 19.8 Å². The average molecular weight is 458 g/mol. The third-order valence-electron chi connectivity index (χ3n) is 8.38. The van der Waals surface area contributed by atoms with Gasteiger partial charge < -0.3 is 15.0 Å². The van der Waals surface area contributed by atoms with E-state index in [0.29, 0.717) is 11.5 Å². The van der Waals surface area contributed by atoms with Gasteiger partial charge in [-0.1, -0.05) is 19.8 Å². The van der Waals surface area contributed by atoms with Crippen molar-refractivity contribution in [2.45, 2.75) is 83.8 Å². The number of unbranched alkanes of at least 4 members (excludes halogenated alkanes) is 1. The highest BCUT2D eigenvalue weighted by Crippen LogP contribution is 2.41. The van der Waals surface area contributed by atoms with Gasteiger partial charge in [-0.15, -0.1) is 0 Å². The van der Waals surface area contributed by atoms with Crippen molar-refractivity contribution in [2.24, 2.45) is 5.92 Å². The van der Waals surface area contributed by atoms with Crippen molar-refractivity contribution in [3.63, 3.8) is 0 Å². The minimum absolute atomic E-state index is 0.0469. The molecule has 1 spiro atoms. The summed E-state index contributed by atoms with van der Waals surface area (Å²) in [7, 11) is 0. The van der Waals surface area contributed by atoms with Crippen molar-refractivity contribution in [3.05, 3.63) is 23.3 Å². The number of aromatic nitrogens is 2. The van der Waals surface area contributed by atoms with Crippen LogP contribution in [-0.4, -0.2) is 75.6 Å². The van der Waals surface area contributed by atoms with Gasteiger partial charge in [0.25, 0.3) is 5.91 Å². The Bertz CT molecular complexity index is 853. The zero-order valence-electron chi connectivity index (χ0n) is 20.7. The Balaban J connectivity index is 1.37. The molecule has 182 valence electrons. The maximum absolute atomic E-state index is 13.2. The van der Waals surface area contributed by atoms with E-state index in [9.17, 15) is 9.59 Å². The summed E-state index contributed by atoms with van der Waals surface area (Å²) in [6.07, 6.45) is 8.37. The first kappa shape index (κ1) is 23.9. The fraction of sp³-hybridized carbons (Fsp3) is 0.760. The highest BCUT2D eigenvalue weighted by atomic mass is 16.6. The number of rotatable bonds is 5. The van der Waals surface area contributed by atoms with Crippen LogP contribution >= 0.6 is 0 Å². The SMILES string of the molecule is CCCC[C@@H]1CNC(=O)OC12CCN(C1(C)CCN(C(=O)c3c(C)ncnc3C)CC1)CC2. The van der Waals surface area contributed by atoms with Gasteiger partial charge >= 0.3 is 6.09 Å². The van der Waals surface area contributed by atoms with Crippen molar-refractivity contribution in [2.75, 3.05) is 32.7 Å². The lowest BCUT2D eigenvalue weighted by Gasteiger charge is -2.53. The lowest BCUT2D eigenvalue weighted by Crippen LogP contribution is -2.63.